The van der Waals surface area contributed by atoms with Gasteiger partial charge in [-0.2, -0.15) is 0 Å². The molecule has 2 N–H and O–H groups in total. The van der Waals surface area contributed by atoms with Gasteiger partial charge in [0, 0.05) is 13.0 Å². The van der Waals surface area contributed by atoms with Crippen LogP contribution in [0.2, 0.25) is 0 Å². The number of rotatable bonds is 2. The summed E-state index contributed by atoms with van der Waals surface area (Å²) in [4.78, 5) is 29.4. The molecule has 6 heteroatoms. The predicted molar refractivity (Wildman–Crippen MR) is 78.2 cm³/mol. The molecule has 1 aromatic rings. The van der Waals surface area contributed by atoms with E-state index in [4.69, 9.17) is 0 Å². The molecule has 1 aromatic heterocycles. The van der Waals surface area contributed by atoms with Crippen molar-refractivity contribution in [3.8, 4) is 0 Å². The summed E-state index contributed by atoms with van der Waals surface area (Å²) < 4.78 is 0. The van der Waals surface area contributed by atoms with Crippen molar-refractivity contribution in [3.05, 3.63) is 10.6 Å². The number of nitrogens with one attached hydrogen (secondary N) is 2. The van der Waals surface area contributed by atoms with Crippen molar-refractivity contribution in [2.24, 2.45) is 11.3 Å². The second-order valence-electron chi connectivity index (χ2n) is 6.41. The van der Waals surface area contributed by atoms with E-state index in [1.54, 1.807) is 0 Å². The smallest absolute Gasteiger partial charge is 0.230 e. The topological polar surface area (TPSA) is 71.1 Å². The number of aromatic nitrogens is 1. The Kier molecular flexibility index (Phi) is 3.38. The fourth-order valence-corrected chi connectivity index (χ4v) is 3.78. The van der Waals surface area contributed by atoms with Gasteiger partial charge in [-0.3, -0.25) is 9.59 Å². The SMILES string of the molecule is CC1(C)CC(=O)c2sc(NC(=O)C3CCNC3)nc2C1. The van der Waals surface area contributed by atoms with E-state index in [9.17, 15) is 9.59 Å². The molecule has 1 unspecified atom stereocenters. The molecule has 1 amide bonds. The van der Waals surface area contributed by atoms with E-state index in [1.165, 1.54) is 11.3 Å². The second kappa shape index (κ2) is 4.93. The molecule has 1 fully saturated rings. The average molecular weight is 293 g/mol. The number of anilines is 1. The lowest BCUT2D eigenvalue weighted by Crippen LogP contribution is -2.26. The standard InChI is InChI=1S/C14H19N3O2S/c1-14(2)5-9-11(10(18)6-14)20-13(16-9)17-12(19)8-3-4-15-7-8/h8,15H,3-7H2,1-2H3,(H,16,17,19). The Morgan fingerprint density at radius 2 is 2.25 bits per heavy atom. The van der Waals surface area contributed by atoms with Crippen LogP contribution in [-0.2, 0) is 11.2 Å². The Bertz CT molecular complexity index is 559. The van der Waals surface area contributed by atoms with Crippen LogP contribution in [0.1, 0.15) is 42.1 Å². The highest BCUT2D eigenvalue weighted by Crippen LogP contribution is 2.38. The maximum Gasteiger partial charge on any atom is 0.230 e. The van der Waals surface area contributed by atoms with Crippen molar-refractivity contribution in [2.75, 3.05) is 18.4 Å². The van der Waals surface area contributed by atoms with Gasteiger partial charge in [-0.05, 0) is 24.8 Å². The Balaban J connectivity index is 1.76. The summed E-state index contributed by atoms with van der Waals surface area (Å²) in [5.74, 6) is 0.174. The van der Waals surface area contributed by atoms with Crippen LogP contribution >= 0.6 is 11.3 Å². The first-order chi connectivity index (χ1) is 9.44. The Hall–Kier alpha value is -1.27. The van der Waals surface area contributed by atoms with Crippen LogP contribution in [0, 0.1) is 11.3 Å². The molecule has 0 radical (unpaired) electrons. The molecule has 1 atom stereocenters. The molecule has 0 saturated carbocycles. The van der Waals surface area contributed by atoms with Crippen molar-refractivity contribution in [3.63, 3.8) is 0 Å². The highest BCUT2D eigenvalue weighted by Gasteiger charge is 2.34. The van der Waals surface area contributed by atoms with Gasteiger partial charge in [0.2, 0.25) is 5.91 Å². The number of amides is 1. The molecule has 0 aromatic carbocycles. The van der Waals surface area contributed by atoms with E-state index < -0.39 is 0 Å². The molecule has 0 spiro atoms. The fraction of sp³-hybridized carbons (Fsp3) is 0.643. The highest BCUT2D eigenvalue weighted by molar-refractivity contribution is 7.17. The van der Waals surface area contributed by atoms with Crippen LogP contribution in [0.3, 0.4) is 0 Å². The third kappa shape index (κ3) is 2.62. The summed E-state index contributed by atoms with van der Waals surface area (Å²) in [6, 6.07) is 0. The monoisotopic (exact) mass is 293 g/mol. The van der Waals surface area contributed by atoms with Crippen molar-refractivity contribution < 1.29 is 9.59 Å². The van der Waals surface area contributed by atoms with Crippen LogP contribution in [0.5, 0.6) is 0 Å². The zero-order valence-corrected chi connectivity index (χ0v) is 12.6. The van der Waals surface area contributed by atoms with Crippen LogP contribution in [0.15, 0.2) is 0 Å². The van der Waals surface area contributed by atoms with E-state index in [0.29, 0.717) is 11.6 Å². The van der Waals surface area contributed by atoms with Crippen LogP contribution < -0.4 is 10.6 Å². The maximum atomic E-state index is 12.1. The summed E-state index contributed by atoms with van der Waals surface area (Å²) in [5.41, 5.74) is 0.811. The molecule has 5 nitrogen and oxygen atoms in total. The minimum atomic E-state index is -0.0329. The molecular weight excluding hydrogens is 274 g/mol. The number of Topliss-reactive ketones (excluding diaryl/α,β-unsaturated/α-hetero) is 1. The molecule has 2 aliphatic rings. The summed E-state index contributed by atoms with van der Waals surface area (Å²) in [6.07, 6.45) is 2.22. The summed E-state index contributed by atoms with van der Waals surface area (Å²) in [7, 11) is 0. The second-order valence-corrected chi connectivity index (χ2v) is 7.41. The van der Waals surface area contributed by atoms with Crippen molar-refractivity contribution in [1.29, 1.82) is 0 Å². The quantitative estimate of drug-likeness (QED) is 0.873. The summed E-state index contributed by atoms with van der Waals surface area (Å²) in [5, 5.41) is 6.61. The van der Waals surface area contributed by atoms with E-state index in [2.05, 4.69) is 29.5 Å². The number of ketones is 1. The maximum absolute atomic E-state index is 12.1. The zero-order valence-electron chi connectivity index (χ0n) is 11.8. The first-order valence-corrected chi connectivity index (χ1v) is 7.81. The fourth-order valence-electron chi connectivity index (χ4n) is 2.86. The van der Waals surface area contributed by atoms with Gasteiger partial charge in [-0.1, -0.05) is 25.2 Å². The number of carbonyl (C=O) groups excluding carboxylic acids is 2. The molecule has 1 saturated heterocycles. The molecule has 1 aliphatic heterocycles. The normalized spacial score (nSPS) is 24.5. The van der Waals surface area contributed by atoms with Gasteiger partial charge in [-0.15, -0.1) is 0 Å². The van der Waals surface area contributed by atoms with Crippen LogP contribution in [0.25, 0.3) is 0 Å². The zero-order chi connectivity index (χ0) is 14.3. The highest BCUT2D eigenvalue weighted by atomic mass is 32.1. The predicted octanol–water partition coefficient (Wildman–Crippen LogP) is 1.85. The number of hydrogen-bond donors (Lipinski definition) is 2. The molecule has 0 bridgehead atoms. The minimum Gasteiger partial charge on any atom is -0.316 e. The first kappa shape index (κ1) is 13.7. The Labute approximate surface area is 122 Å². The summed E-state index contributed by atoms with van der Waals surface area (Å²) in [6.45, 7) is 5.77. The van der Waals surface area contributed by atoms with Gasteiger partial charge in [0.1, 0.15) is 0 Å². The van der Waals surface area contributed by atoms with Gasteiger partial charge in [0.05, 0.1) is 16.5 Å². The van der Waals surface area contributed by atoms with Crippen LogP contribution in [-0.4, -0.2) is 29.8 Å². The lowest BCUT2D eigenvalue weighted by Gasteiger charge is -2.26. The first-order valence-electron chi connectivity index (χ1n) is 6.99. The number of hydrogen-bond acceptors (Lipinski definition) is 5. The number of fused-ring (bicyclic) bond motifs is 1. The van der Waals surface area contributed by atoms with E-state index >= 15 is 0 Å². The molecule has 3 rings (SSSR count). The number of carbonyl (C=O) groups is 2. The van der Waals surface area contributed by atoms with Gasteiger partial charge in [-0.25, -0.2) is 4.98 Å². The van der Waals surface area contributed by atoms with Crippen molar-refractivity contribution in [1.82, 2.24) is 10.3 Å². The van der Waals surface area contributed by atoms with Gasteiger partial charge >= 0.3 is 0 Å². The van der Waals surface area contributed by atoms with Gasteiger partial charge in [0.15, 0.2) is 10.9 Å². The van der Waals surface area contributed by atoms with E-state index in [-0.39, 0.29) is 23.0 Å². The molecule has 1 aliphatic carbocycles. The molecule has 108 valence electrons. The van der Waals surface area contributed by atoms with E-state index in [0.717, 1.165) is 36.5 Å². The van der Waals surface area contributed by atoms with Gasteiger partial charge < -0.3 is 10.6 Å². The van der Waals surface area contributed by atoms with E-state index in [1.807, 2.05) is 0 Å². The Morgan fingerprint density at radius 1 is 1.45 bits per heavy atom. The number of nitrogens with zero attached hydrogens (tertiary/aromatic N) is 1. The molecule has 20 heavy (non-hydrogen) atoms. The van der Waals surface area contributed by atoms with Crippen molar-refractivity contribution >= 4 is 28.2 Å². The lowest BCUT2D eigenvalue weighted by atomic mass is 9.78. The number of thiazole rings is 1. The molecule has 2 heterocycles. The average Bonchev–Trinajstić information content (AvgIpc) is 2.95. The van der Waals surface area contributed by atoms with Crippen molar-refractivity contribution in [2.45, 2.75) is 33.1 Å². The third-order valence-electron chi connectivity index (χ3n) is 3.90. The summed E-state index contributed by atoms with van der Waals surface area (Å²) >= 11 is 1.32. The molecular formula is C14H19N3O2S. The lowest BCUT2D eigenvalue weighted by molar-refractivity contribution is -0.119. The van der Waals surface area contributed by atoms with Crippen LogP contribution in [0.4, 0.5) is 5.13 Å². The largest absolute Gasteiger partial charge is 0.316 e. The Morgan fingerprint density at radius 3 is 2.95 bits per heavy atom. The minimum absolute atomic E-state index is 0.00723. The van der Waals surface area contributed by atoms with Gasteiger partial charge in [0.25, 0.3) is 0 Å². The third-order valence-corrected chi connectivity index (χ3v) is 4.95.